The summed E-state index contributed by atoms with van der Waals surface area (Å²) >= 11 is 3.33. The van der Waals surface area contributed by atoms with E-state index in [0.29, 0.717) is 18.9 Å². The quantitative estimate of drug-likeness (QED) is 0.619. The van der Waals surface area contributed by atoms with Crippen molar-refractivity contribution >= 4 is 33.6 Å². The maximum Gasteiger partial charge on any atom is 0.410 e. The van der Waals surface area contributed by atoms with Gasteiger partial charge in [0.05, 0.1) is 0 Å². The number of aromatic nitrogens is 1. The lowest BCUT2D eigenvalue weighted by Crippen LogP contribution is -2.37. The van der Waals surface area contributed by atoms with E-state index in [1.165, 1.54) is 0 Å². The Morgan fingerprint density at radius 3 is 2.83 bits per heavy atom. The molecule has 0 atom stereocenters. The third-order valence-electron chi connectivity index (χ3n) is 3.26. The van der Waals surface area contributed by atoms with Crippen LogP contribution in [0, 0.1) is 0 Å². The Hall–Kier alpha value is -1.63. The molecule has 0 aromatic carbocycles. The van der Waals surface area contributed by atoms with Gasteiger partial charge in [-0.15, -0.1) is 0 Å². The first-order chi connectivity index (χ1) is 10.8. The van der Waals surface area contributed by atoms with Gasteiger partial charge < -0.3 is 9.64 Å². The Labute approximate surface area is 145 Å². The Kier molecular flexibility index (Phi) is 5.98. The SMILES string of the molecule is CC(C)(C)OC(=O)N1CCCC(=NNc2cccc(Br)n2)CC1. The highest BCUT2D eigenvalue weighted by molar-refractivity contribution is 9.10. The summed E-state index contributed by atoms with van der Waals surface area (Å²) in [6.45, 7) is 6.96. The zero-order valence-corrected chi connectivity index (χ0v) is 15.4. The van der Waals surface area contributed by atoms with Crippen LogP contribution < -0.4 is 5.43 Å². The highest BCUT2D eigenvalue weighted by atomic mass is 79.9. The largest absolute Gasteiger partial charge is 0.444 e. The van der Waals surface area contributed by atoms with Gasteiger partial charge in [0.1, 0.15) is 16.0 Å². The van der Waals surface area contributed by atoms with E-state index in [0.717, 1.165) is 29.6 Å². The Morgan fingerprint density at radius 1 is 1.35 bits per heavy atom. The average molecular weight is 383 g/mol. The van der Waals surface area contributed by atoms with Crippen LogP contribution in [0.2, 0.25) is 0 Å². The van der Waals surface area contributed by atoms with Crippen molar-refractivity contribution in [2.45, 2.75) is 45.6 Å². The number of rotatable bonds is 2. The van der Waals surface area contributed by atoms with Crippen LogP contribution in [0.5, 0.6) is 0 Å². The van der Waals surface area contributed by atoms with E-state index in [1.54, 1.807) is 4.90 Å². The lowest BCUT2D eigenvalue weighted by molar-refractivity contribution is 0.0259. The minimum absolute atomic E-state index is 0.250. The molecule has 1 aromatic rings. The molecule has 0 radical (unpaired) electrons. The first-order valence-electron chi connectivity index (χ1n) is 7.75. The highest BCUT2D eigenvalue weighted by Crippen LogP contribution is 2.15. The van der Waals surface area contributed by atoms with Gasteiger partial charge in [-0.1, -0.05) is 6.07 Å². The number of likely N-dealkylation sites (tertiary alicyclic amines) is 1. The zero-order chi connectivity index (χ0) is 16.9. The Balaban J connectivity index is 1.90. The third kappa shape index (κ3) is 6.17. The van der Waals surface area contributed by atoms with E-state index in [2.05, 4.69) is 31.4 Å². The zero-order valence-electron chi connectivity index (χ0n) is 13.8. The lowest BCUT2D eigenvalue weighted by Gasteiger charge is -2.26. The standard InChI is InChI=1S/C16H23BrN4O2/c1-16(2,3)23-15(22)21-10-5-6-12(9-11-21)19-20-14-8-4-7-13(17)18-14/h4,7-8H,5-6,9-11H2,1-3H3,(H,18,20). The number of carbonyl (C=O) groups is 1. The molecule has 1 aromatic heterocycles. The van der Waals surface area contributed by atoms with Crippen molar-refractivity contribution in [2.75, 3.05) is 18.5 Å². The lowest BCUT2D eigenvalue weighted by atomic mass is 10.2. The molecule has 2 heterocycles. The number of hydrogen-bond acceptors (Lipinski definition) is 5. The number of ether oxygens (including phenoxy) is 1. The van der Waals surface area contributed by atoms with Gasteiger partial charge in [-0.05, 0) is 61.7 Å². The molecule has 1 saturated heterocycles. The van der Waals surface area contributed by atoms with Gasteiger partial charge in [-0.2, -0.15) is 5.10 Å². The van der Waals surface area contributed by atoms with Gasteiger partial charge in [0.2, 0.25) is 0 Å². The molecule has 23 heavy (non-hydrogen) atoms. The summed E-state index contributed by atoms with van der Waals surface area (Å²) in [4.78, 5) is 18.2. The van der Waals surface area contributed by atoms with Gasteiger partial charge in [0.15, 0.2) is 0 Å². The molecule has 126 valence electrons. The molecule has 0 spiro atoms. The van der Waals surface area contributed by atoms with Gasteiger partial charge in [-0.3, -0.25) is 5.43 Å². The van der Waals surface area contributed by atoms with Gasteiger partial charge in [0, 0.05) is 25.2 Å². The highest BCUT2D eigenvalue weighted by Gasteiger charge is 2.23. The van der Waals surface area contributed by atoms with Crippen molar-refractivity contribution in [1.82, 2.24) is 9.88 Å². The fourth-order valence-electron chi connectivity index (χ4n) is 2.20. The van der Waals surface area contributed by atoms with E-state index in [1.807, 2.05) is 39.0 Å². The first kappa shape index (κ1) is 17.7. The third-order valence-corrected chi connectivity index (χ3v) is 3.70. The fraction of sp³-hybridized carbons (Fsp3) is 0.562. The van der Waals surface area contributed by atoms with Gasteiger partial charge in [0.25, 0.3) is 0 Å². The number of anilines is 1. The normalized spacial score (nSPS) is 17.7. The van der Waals surface area contributed by atoms with Crippen LogP contribution in [0.25, 0.3) is 0 Å². The number of hydrogen-bond donors (Lipinski definition) is 1. The van der Waals surface area contributed by atoms with Crippen LogP contribution in [-0.2, 0) is 4.74 Å². The smallest absolute Gasteiger partial charge is 0.410 e. The summed E-state index contributed by atoms with van der Waals surface area (Å²) in [7, 11) is 0. The summed E-state index contributed by atoms with van der Waals surface area (Å²) in [5.74, 6) is 0.695. The second kappa shape index (κ2) is 7.77. The van der Waals surface area contributed by atoms with E-state index < -0.39 is 5.60 Å². The van der Waals surface area contributed by atoms with Crippen LogP contribution in [0.1, 0.15) is 40.0 Å². The van der Waals surface area contributed by atoms with Crippen molar-refractivity contribution in [2.24, 2.45) is 5.10 Å². The molecule has 0 aliphatic carbocycles. The predicted molar refractivity (Wildman–Crippen MR) is 94.7 cm³/mol. The van der Waals surface area contributed by atoms with E-state index in [4.69, 9.17) is 4.74 Å². The van der Waals surface area contributed by atoms with Crippen LogP contribution in [0.3, 0.4) is 0 Å². The fourth-order valence-corrected chi connectivity index (χ4v) is 2.55. The number of halogens is 1. The van der Waals surface area contributed by atoms with Crippen LogP contribution in [0.4, 0.5) is 10.6 Å². The van der Waals surface area contributed by atoms with Crippen LogP contribution in [0.15, 0.2) is 27.9 Å². The number of nitrogens with zero attached hydrogens (tertiary/aromatic N) is 3. The van der Waals surface area contributed by atoms with E-state index >= 15 is 0 Å². The maximum atomic E-state index is 12.1. The molecule has 0 saturated carbocycles. The topological polar surface area (TPSA) is 66.8 Å². The molecule has 2 rings (SSSR count). The number of hydrazone groups is 1. The molecule has 7 heteroatoms. The maximum absolute atomic E-state index is 12.1. The van der Waals surface area contributed by atoms with Crippen molar-refractivity contribution in [3.63, 3.8) is 0 Å². The van der Waals surface area contributed by atoms with E-state index in [-0.39, 0.29) is 6.09 Å². The monoisotopic (exact) mass is 382 g/mol. The molecule has 1 aliphatic heterocycles. The Bertz CT molecular complexity index is 584. The summed E-state index contributed by atoms with van der Waals surface area (Å²) in [5, 5.41) is 4.43. The minimum Gasteiger partial charge on any atom is -0.444 e. The van der Waals surface area contributed by atoms with Crippen molar-refractivity contribution in [3.05, 3.63) is 22.8 Å². The summed E-state index contributed by atoms with van der Waals surface area (Å²) in [6.07, 6.45) is 2.23. The molecule has 0 bridgehead atoms. The first-order valence-corrected chi connectivity index (χ1v) is 8.55. The Morgan fingerprint density at radius 2 is 2.13 bits per heavy atom. The van der Waals surface area contributed by atoms with Crippen molar-refractivity contribution in [1.29, 1.82) is 0 Å². The molecular formula is C16H23BrN4O2. The molecule has 6 nitrogen and oxygen atoms in total. The predicted octanol–water partition coefficient (Wildman–Crippen LogP) is 4.03. The number of carbonyl (C=O) groups excluding carboxylic acids is 1. The van der Waals surface area contributed by atoms with E-state index in [9.17, 15) is 4.79 Å². The van der Waals surface area contributed by atoms with Gasteiger partial charge in [-0.25, -0.2) is 9.78 Å². The summed E-state index contributed by atoms with van der Waals surface area (Å²) in [6, 6.07) is 5.62. The van der Waals surface area contributed by atoms with Crippen molar-refractivity contribution < 1.29 is 9.53 Å². The van der Waals surface area contributed by atoms with Gasteiger partial charge >= 0.3 is 6.09 Å². The molecule has 1 aliphatic rings. The van der Waals surface area contributed by atoms with Crippen LogP contribution >= 0.6 is 15.9 Å². The summed E-state index contributed by atoms with van der Waals surface area (Å²) in [5.41, 5.74) is 3.55. The molecular weight excluding hydrogens is 360 g/mol. The molecule has 1 fully saturated rings. The minimum atomic E-state index is -0.464. The molecule has 1 N–H and O–H groups in total. The molecule has 0 unspecified atom stereocenters. The number of pyridine rings is 1. The summed E-state index contributed by atoms with van der Waals surface area (Å²) < 4.78 is 6.19. The second-order valence-electron chi connectivity index (χ2n) is 6.46. The number of amides is 1. The number of nitrogens with one attached hydrogen (secondary N) is 1. The molecule has 1 amide bonds. The van der Waals surface area contributed by atoms with Crippen molar-refractivity contribution in [3.8, 4) is 0 Å². The average Bonchev–Trinajstić information content (AvgIpc) is 2.69. The second-order valence-corrected chi connectivity index (χ2v) is 7.27. The van der Waals surface area contributed by atoms with Crippen LogP contribution in [-0.4, -0.2) is 40.4 Å².